The molecule has 0 amide bonds. The molecule has 0 fully saturated rings. The van der Waals surface area contributed by atoms with Crippen LogP contribution in [0.4, 0.5) is 0 Å². The maximum Gasteiger partial charge on any atom is 0.313 e. The zero-order valence-electron chi connectivity index (χ0n) is 21.1. The van der Waals surface area contributed by atoms with E-state index in [0.29, 0.717) is 37.1 Å². The van der Waals surface area contributed by atoms with Crippen LogP contribution in [0, 0.1) is 0 Å². The van der Waals surface area contributed by atoms with Crippen molar-refractivity contribution in [1.29, 1.82) is 0 Å². The predicted octanol–water partition coefficient (Wildman–Crippen LogP) is 7.81. The minimum absolute atomic E-state index is 0.373. The molecule has 0 saturated heterocycles. The lowest BCUT2D eigenvalue weighted by Crippen LogP contribution is -2.15. The van der Waals surface area contributed by atoms with E-state index in [4.69, 9.17) is 18.4 Å². The van der Waals surface area contributed by atoms with E-state index in [1.165, 1.54) is 6.92 Å². The summed E-state index contributed by atoms with van der Waals surface area (Å²) < 4.78 is 25.1. The first-order valence-corrected chi connectivity index (χ1v) is 13.8. The molecule has 0 saturated carbocycles. The van der Waals surface area contributed by atoms with Crippen LogP contribution >= 0.6 is 10.3 Å². The lowest BCUT2D eigenvalue weighted by atomic mass is 10.3. The van der Waals surface area contributed by atoms with Crippen molar-refractivity contribution >= 4 is 16.3 Å². The molecule has 3 aromatic rings. The maximum atomic E-state index is 12.7. The second kappa shape index (κ2) is 13.1. The highest BCUT2D eigenvalue weighted by molar-refractivity contribution is 8.30. The first-order chi connectivity index (χ1) is 17.1. The molecule has 0 aromatic heterocycles. The number of carbonyl (C=O) groups excluding carboxylic acids is 1. The number of ether oxygens (including phenoxy) is 3. The van der Waals surface area contributed by atoms with Gasteiger partial charge < -0.3 is 18.4 Å². The van der Waals surface area contributed by atoms with Crippen LogP contribution in [0.3, 0.4) is 0 Å². The fourth-order valence-electron chi connectivity index (χ4n) is 3.69. The average molecular weight is 497 g/mol. The van der Waals surface area contributed by atoms with Gasteiger partial charge in [-0.3, -0.25) is 4.79 Å². The van der Waals surface area contributed by atoms with Crippen LogP contribution in [0.1, 0.15) is 47.0 Å². The smallest absolute Gasteiger partial charge is 0.313 e. The molecule has 6 heteroatoms. The number of rotatable bonds is 13. The molecule has 0 aliphatic rings. The van der Waals surface area contributed by atoms with E-state index < -0.39 is 10.3 Å². The average Bonchev–Trinajstić information content (AvgIpc) is 2.89. The van der Waals surface area contributed by atoms with Crippen molar-refractivity contribution < 1.29 is 23.2 Å². The Balaban J connectivity index is 2.42. The monoisotopic (exact) mass is 496 g/mol. The second-order valence-corrected chi connectivity index (χ2v) is 10.7. The minimum Gasteiger partial charge on any atom is -0.493 e. The Hall–Kier alpha value is -3.12. The molecule has 0 N–H and O–H groups in total. The summed E-state index contributed by atoms with van der Waals surface area (Å²) in [7, 11) is -2.55. The van der Waals surface area contributed by atoms with Gasteiger partial charge in [0.1, 0.15) is 22.1 Å². The summed E-state index contributed by atoms with van der Waals surface area (Å²) in [5.74, 6) is 1.51. The van der Waals surface area contributed by atoms with Gasteiger partial charge in [0.2, 0.25) is 0 Å². The Morgan fingerprint density at radius 2 is 1.11 bits per heavy atom. The van der Waals surface area contributed by atoms with Gasteiger partial charge in [0.05, 0.1) is 19.8 Å². The molecule has 0 atom stereocenters. The summed E-state index contributed by atoms with van der Waals surface area (Å²) in [6.45, 7) is 9.24. The third-order valence-corrected chi connectivity index (χ3v) is 8.40. The van der Waals surface area contributed by atoms with E-state index in [2.05, 4.69) is 20.8 Å². The van der Waals surface area contributed by atoms with E-state index >= 15 is 0 Å². The van der Waals surface area contributed by atoms with Crippen molar-refractivity contribution in [3.8, 4) is 17.2 Å². The van der Waals surface area contributed by atoms with E-state index in [1.54, 1.807) is 0 Å². The van der Waals surface area contributed by atoms with Crippen molar-refractivity contribution in [2.75, 3.05) is 19.8 Å². The molecule has 0 aliphatic heterocycles. The lowest BCUT2D eigenvalue weighted by Gasteiger charge is -2.41. The molecule has 188 valence electrons. The highest BCUT2D eigenvalue weighted by Gasteiger charge is 2.40. The zero-order chi connectivity index (χ0) is 25.1. The number of benzene rings is 3. The lowest BCUT2D eigenvalue weighted by molar-refractivity contribution is -0.131. The van der Waals surface area contributed by atoms with Crippen LogP contribution in [0.5, 0.6) is 17.2 Å². The summed E-state index contributed by atoms with van der Waals surface area (Å²) in [5.41, 5.74) is 0. The van der Waals surface area contributed by atoms with Crippen molar-refractivity contribution in [3.05, 3.63) is 72.8 Å². The SMILES string of the molecule is CCCOc1cc(OCCC)c(S(OC(C)=O)(c2ccccc2)c2ccccc2)c(OCCC)c1. The standard InChI is InChI=1S/C29H36O5S/c1-5-18-31-24-21-27(32-19-6-2)29(28(22-24)33-20-7-3)35(34-23(4)30,25-14-10-8-11-15-25)26-16-12-9-13-17-26/h8-17,21-22H,5-7,18-20H2,1-4H3. The van der Waals surface area contributed by atoms with Gasteiger partial charge in [0.15, 0.2) is 0 Å². The molecule has 35 heavy (non-hydrogen) atoms. The van der Waals surface area contributed by atoms with Crippen LogP contribution < -0.4 is 14.2 Å². The van der Waals surface area contributed by atoms with Gasteiger partial charge >= 0.3 is 5.97 Å². The highest BCUT2D eigenvalue weighted by atomic mass is 32.3. The Labute approximate surface area is 210 Å². The van der Waals surface area contributed by atoms with Gasteiger partial charge in [0.25, 0.3) is 0 Å². The fourth-order valence-corrected chi connectivity index (χ4v) is 6.94. The topological polar surface area (TPSA) is 54.0 Å². The van der Waals surface area contributed by atoms with Gasteiger partial charge in [-0.15, -0.1) is 0 Å². The van der Waals surface area contributed by atoms with E-state index in [1.807, 2.05) is 72.8 Å². The first-order valence-electron chi connectivity index (χ1n) is 12.3. The molecule has 0 spiro atoms. The summed E-state index contributed by atoms with van der Waals surface area (Å²) >= 11 is 0. The predicted molar refractivity (Wildman–Crippen MR) is 141 cm³/mol. The molecule has 3 aromatic carbocycles. The molecule has 0 unspecified atom stereocenters. The zero-order valence-corrected chi connectivity index (χ0v) is 21.9. The summed E-state index contributed by atoms with van der Waals surface area (Å²) in [4.78, 5) is 15.2. The summed E-state index contributed by atoms with van der Waals surface area (Å²) in [6, 6.07) is 23.5. The molecule has 5 nitrogen and oxygen atoms in total. The Morgan fingerprint density at radius 1 is 0.686 bits per heavy atom. The summed E-state index contributed by atoms with van der Waals surface area (Å²) in [5, 5.41) is 0. The number of hydrogen-bond donors (Lipinski definition) is 0. The molecular formula is C29H36O5S. The Morgan fingerprint density at radius 3 is 1.51 bits per heavy atom. The highest BCUT2D eigenvalue weighted by Crippen LogP contribution is 2.73. The van der Waals surface area contributed by atoms with E-state index in [0.717, 1.165) is 33.9 Å². The Kier molecular flexibility index (Phi) is 9.91. The van der Waals surface area contributed by atoms with Gasteiger partial charge in [-0.2, -0.15) is 0 Å². The third kappa shape index (κ3) is 6.31. The van der Waals surface area contributed by atoms with Crippen molar-refractivity contribution in [2.24, 2.45) is 0 Å². The molecular weight excluding hydrogens is 460 g/mol. The van der Waals surface area contributed by atoms with E-state index in [-0.39, 0.29) is 5.97 Å². The molecule has 0 bridgehead atoms. The van der Waals surface area contributed by atoms with Crippen LogP contribution in [0.25, 0.3) is 0 Å². The van der Waals surface area contributed by atoms with Crippen molar-refractivity contribution in [1.82, 2.24) is 0 Å². The maximum absolute atomic E-state index is 12.7. The van der Waals surface area contributed by atoms with Gasteiger partial charge in [-0.25, -0.2) is 0 Å². The Bertz CT molecular complexity index is 1000. The largest absolute Gasteiger partial charge is 0.493 e. The molecule has 3 rings (SSSR count). The van der Waals surface area contributed by atoms with Gasteiger partial charge in [-0.05, 0) is 43.5 Å². The second-order valence-electron chi connectivity index (χ2n) is 8.05. The molecule has 0 heterocycles. The first kappa shape index (κ1) is 26.5. The van der Waals surface area contributed by atoms with E-state index in [9.17, 15) is 4.79 Å². The normalized spacial score (nSPS) is 11.5. The fraction of sp³-hybridized carbons (Fsp3) is 0.345. The van der Waals surface area contributed by atoms with Crippen molar-refractivity contribution in [2.45, 2.75) is 61.6 Å². The van der Waals surface area contributed by atoms with Gasteiger partial charge in [-0.1, -0.05) is 57.2 Å². The van der Waals surface area contributed by atoms with Crippen LogP contribution in [0.15, 0.2) is 87.5 Å². The summed E-state index contributed by atoms with van der Waals surface area (Å²) in [6.07, 6.45) is 2.54. The van der Waals surface area contributed by atoms with Crippen LogP contribution in [0.2, 0.25) is 0 Å². The number of carbonyl (C=O) groups is 1. The van der Waals surface area contributed by atoms with Gasteiger partial charge in [0, 0.05) is 39.2 Å². The van der Waals surface area contributed by atoms with Crippen molar-refractivity contribution in [3.63, 3.8) is 0 Å². The van der Waals surface area contributed by atoms with Crippen LogP contribution in [-0.4, -0.2) is 25.8 Å². The van der Waals surface area contributed by atoms with Crippen LogP contribution in [-0.2, 0) is 8.98 Å². The molecule has 0 radical (unpaired) electrons. The number of hydrogen-bond acceptors (Lipinski definition) is 5. The quantitative estimate of drug-likeness (QED) is 0.241. The third-order valence-electron chi connectivity index (χ3n) is 5.07. The minimum atomic E-state index is -2.55. The molecule has 0 aliphatic carbocycles.